The molecule has 0 saturated heterocycles. The van der Waals surface area contributed by atoms with Gasteiger partial charge in [0.1, 0.15) is 0 Å². The second-order valence-electron chi connectivity index (χ2n) is 2.79. The van der Waals surface area contributed by atoms with E-state index in [9.17, 15) is 0 Å². The summed E-state index contributed by atoms with van der Waals surface area (Å²) in [5, 5.41) is 0. The first kappa shape index (κ1) is 7.54. The molecule has 0 aromatic rings. The summed E-state index contributed by atoms with van der Waals surface area (Å²) in [6, 6.07) is 0. The van der Waals surface area contributed by atoms with Crippen molar-refractivity contribution in [2.75, 3.05) is 13.7 Å². The molecule has 1 rings (SSSR count). The van der Waals surface area contributed by atoms with Gasteiger partial charge < -0.3 is 10.5 Å². The second-order valence-corrected chi connectivity index (χ2v) is 2.79. The monoisotopic (exact) mass is 142 g/mol. The highest BCUT2D eigenvalue weighted by Gasteiger charge is 2.21. The molecular weight excluding hydrogens is 128 g/mol. The third kappa shape index (κ3) is 1.48. The lowest BCUT2D eigenvalue weighted by atomic mass is 9.98. The Kier molecular flexibility index (Phi) is 2.27. The highest BCUT2D eigenvalue weighted by molar-refractivity contribution is 5.81. The highest BCUT2D eigenvalue weighted by atomic mass is 16.5. The van der Waals surface area contributed by atoms with Gasteiger partial charge in [0.05, 0.1) is 18.5 Å². The van der Waals surface area contributed by atoms with Crippen LogP contribution in [0.25, 0.3) is 0 Å². The van der Waals surface area contributed by atoms with Crippen LogP contribution < -0.4 is 5.73 Å². The van der Waals surface area contributed by atoms with Crippen molar-refractivity contribution in [3.05, 3.63) is 0 Å². The van der Waals surface area contributed by atoms with Crippen molar-refractivity contribution in [3.63, 3.8) is 0 Å². The Balaban J connectivity index is 2.52. The van der Waals surface area contributed by atoms with Gasteiger partial charge in [-0.2, -0.15) is 0 Å². The van der Waals surface area contributed by atoms with E-state index in [-0.39, 0.29) is 6.10 Å². The third-order valence-corrected chi connectivity index (χ3v) is 1.94. The van der Waals surface area contributed by atoms with E-state index < -0.39 is 0 Å². The average molecular weight is 142 g/mol. The summed E-state index contributed by atoms with van der Waals surface area (Å²) in [7, 11) is 1.72. The fraction of sp³-hybridized carbons (Fsp3) is 0.857. The lowest BCUT2D eigenvalue weighted by molar-refractivity contribution is 0.0642. The number of methoxy groups -OCH3 is 1. The van der Waals surface area contributed by atoms with Crippen molar-refractivity contribution in [1.29, 1.82) is 0 Å². The van der Waals surface area contributed by atoms with Crippen LogP contribution in [0.3, 0.4) is 0 Å². The Morgan fingerprint density at radius 1 is 1.70 bits per heavy atom. The molecule has 0 bridgehead atoms. The van der Waals surface area contributed by atoms with E-state index in [4.69, 9.17) is 10.5 Å². The first-order valence-corrected chi connectivity index (χ1v) is 3.55. The van der Waals surface area contributed by atoms with Crippen LogP contribution >= 0.6 is 0 Å². The molecule has 10 heavy (non-hydrogen) atoms. The summed E-state index contributed by atoms with van der Waals surface area (Å²) in [6.07, 6.45) is 1.14. The number of nitrogens with two attached hydrogens (primary N) is 1. The molecule has 1 aliphatic heterocycles. The number of hydrogen-bond acceptors (Lipinski definition) is 3. The zero-order valence-corrected chi connectivity index (χ0v) is 6.50. The van der Waals surface area contributed by atoms with Crippen molar-refractivity contribution in [2.45, 2.75) is 19.4 Å². The van der Waals surface area contributed by atoms with Gasteiger partial charge in [-0.25, -0.2) is 0 Å². The van der Waals surface area contributed by atoms with Crippen molar-refractivity contribution in [1.82, 2.24) is 0 Å². The Morgan fingerprint density at radius 3 is 2.90 bits per heavy atom. The minimum absolute atomic E-state index is 0.271. The maximum absolute atomic E-state index is 5.54. The van der Waals surface area contributed by atoms with Crippen LogP contribution in [0, 0.1) is 5.92 Å². The van der Waals surface area contributed by atoms with E-state index in [1.807, 2.05) is 0 Å². The van der Waals surface area contributed by atoms with Gasteiger partial charge in [0.2, 0.25) is 0 Å². The van der Waals surface area contributed by atoms with Gasteiger partial charge >= 0.3 is 0 Å². The molecule has 0 aliphatic carbocycles. The first-order valence-electron chi connectivity index (χ1n) is 3.55. The van der Waals surface area contributed by atoms with Crippen LogP contribution in [-0.4, -0.2) is 25.6 Å². The van der Waals surface area contributed by atoms with Crippen LogP contribution in [0.1, 0.15) is 13.3 Å². The van der Waals surface area contributed by atoms with E-state index in [1.54, 1.807) is 7.11 Å². The Bertz CT molecular complexity index is 145. The first-order chi connectivity index (χ1) is 4.74. The van der Waals surface area contributed by atoms with Crippen molar-refractivity contribution < 1.29 is 4.74 Å². The molecule has 3 heteroatoms. The SMILES string of the molecule is CO[C@@H]1CN=C(N)C[C@H]1C. The number of amidine groups is 1. The number of rotatable bonds is 1. The topological polar surface area (TPSA) is 47.6 Å². The molecule has 0 fully saturated rings. The summed E-state index contributed by atoms with van der Waals surface area (Å²) >= 11 is 0. The molecule has 0 spiro atoms. The standard InChI is InChI=1S/C7H14N2O/c1-5-3-7(8)9-4-6(5)10-2/h5-6H,3-4H2,1-2H3,(H2,8,9)/t5-,6-/m1/s1. The van der Waals surface area contributed by atoms with Gasteiger partial charge in [-0.05, 0) is 5.92 Å². The van der Waals surface area contributed by atoms with Crippen LogP contribution in [0.2, 0.25) is 0 Å². The fourth-order valence-electron chi connectivity index (χ4n) is 1.22. The molecule has 0 saturated carbocycles. The van der Waals surface area contributed by atoms with E-state index in [1.165, 1.54) is 0 Å². The largest absolute Gasteiger partial charge is 0.387 e. The number of ether oxygens (including phenoxy) is 1. The van der Waals surface area contributed by atoms with Crippen LogP contribution in [-0.2, 0) is 4.74 Å². The Labute approximate surface area is 61.3 Å². The number of nitrogens with zero attached hydrogens (tertiary/aromatic N) is 1. The predicted molar refractivity (Wildman–Crippen MR) is 41.1 cm³/mol. The lowest BCUT2D eigenvalue weighted by Crippen LogP contribution is -2.33. The highest BCUT2D eigenvalue weighted by Crippen LogP contribution is 2.15. The molecule has 1 heterocycles. The van der Waals surface area contributed by atoms with Gasteiger partial charge in [-0.1, -0.05) is 6.92 Å². The fourth-order valence-corrected chi connectivity index (χ4v) is 1.22. The Hall–Kier alpha value is -0.570. The zero-order chi connectivity index (χ0) is 7.56. The van der Waals surface area contributed by atoms with E-state index in [0.29, 0.717) is 5.92 Å². The third-order valence-electron chi connectivity index (χ3n) is 1.94. The van der Waals surface area contributed by atoms with Crippen LogP contribution in [0.5, 0.6) is 0 Å². The van der Waals surface area contributed by atoms with Crippen LogP contribution in [0.4, 0.5) is 0 Å². The molecule has 0 aromatic heterocycles. The summed E-state index contributed by atoms with van der Waals surface area (Å²) in [5.74, 6) is 1.28. The molecule has 0 unspecified atom stereocenters. The predicted octanol–water partition coefficient (Wildman–Crippen LogP) is 0.398. The van der Waals surface area contributed by atoms with Crippen molar-refractivity contribution in [3.8, 4) is 0 Å². The molecule has 0 radical (unpaired) electrons. The van der Waals surface area contributed by atoms with Gasteiger partial charge in [0.25, 0.3) is 0 Å². The number of aliphatic imine (C=N–C) groups is 1. The minimum atomic E-state index is 0.271. The molecule has 58 valence electrons. The molecule has 0 amide bonds. The smallest absolute Gasteiger partial charge is 0.0941 e. The number of hydrogen-bond donors (Lipinski definition) is 1. The molecular formula is C7H14N2O. The zero-order valence-electron chi connectivity index (χ0n) is 6.50. The molecule has 3 nitrogen and oxygen atoms in total. The molecule has 0 aromatic carbocycles. The van der Waals surface area contributed by atoms with Crippen molar-refractivity contribution >= 4 is 5.84 Å². The maximum Gasteiger partial charge on any atom is 0.0941 e. The van der Waals surface area contributed by atoms with Gasteiger partial charge in [-0.15, -0.1) is 0 Å². The van der Waals surface area contributed by atoms with E-state index in [2.05, 4.69) is 11.9 Å². The molecule has 2 N–H and O–H groups in total. The van der Waals surface area contributed by atoms with E-state index in [0.717, 1.165) is 18.8 Å². The lowest BCUT2D eigenvalue weighted by Gasteiger charge is -2.24. The van der Waals surface area contributed by atoms with Gasteiger partial charge in [-0.3, -0.25) is 4.99 Å². The minimum Gasteiger partial charge on any atom is -0.387 e. The van der Waals surface area contributed by atoms with Crippen LogP contribution in [0.15, 0.2) is 4.99 Å². The maximum atomic E-state index is 5.54. The molecule has 1 aliphatic rings. The Morgan fingerprint density at radius 2 is 2.40 bits per heavy atom. The van der Waals surface area contributed by atoms with E-state index >= 15 is 0 Å². The quantitative estimate of drug-likeness (QED) is 0.576. The summed E-state index contributed by atoms with van der Waals surface area (Å²) in [5.41, 5.74) is 5.54. The average Bonchev–Trinajstić information content (AvgIpc) is 1.88. The normalized spacial score (nSPS) is 33.6. The summed E-state index contributed by atoms with van der Waals surface area (Å²) in [4.78, 5) is 4.10. The van der Waals surface area contributed by atoms with Gasteiger partial charge in [0.15, 0.2) is 0 Å². The molecule has 2 atom stereocenters. The van der Waals surface area contributed by atoms with Crippen molar-refractivity contribution in [2.24, 2.45) is 16.6 Å². The summed E-state index contributed by atoms with van der Waals surface area (Å²) in [6.45, 7) is 2.86. The van der Waals surface area contributed by atoms with Gasteiger partial charge in [0, 0.05) is 13.5 Å². The summed E-state index contributed by atoms with van der Waals surface area (Å²) < 4.78 is 5.19. The second kappa shape index (κ2) is 3.01.